The lowest BCUT2D eigenvalue weighted by molar-refractivity contribution is 0.390. The fraction of sp³-hybridized carbons (Fsp3) is 0.120. The summed E-state index contributed by atoms with van der Waals surface area (Å²) >= 11 is 0. The van der Waals surface area contributed by atoms with Crippen LogP contribution in [0.2, 0.25) is 0 Å². The van der Waals surface area contributed by atoms with Crippen LogP contribution in [0.4, 0.5) is 15.9 Å². The molecule has 0 fully saturated rings. The van der Waals surface area contributed by atoms with Gasteiger partial charge in [-0.2, -0.15) is 0 Å². The molecule has 0 amide bonds. The zero-order valence-corrected chi connectivity index (χ0v) is 18.0. The summed E-state index contributed by atoms with van der Waals surface area (Å²) in [6.45, 7) is 2.71. The minimum atomic E-state index is -0.352. The number of nitrogens with one attached hydrogen (secondary N) is 1. The monoisotopic (exact) mass is 443 g/mol. The Morgan fingerprint density at radius 3 is 2.76 bits per heavy atom. The maximum absolute atomic E-state index is 15.0. The van der Waals surface area contributed by atoms with Gasteiger partial charge in [-0.3, -0.25) is 0 Å². The fourth-order valence-electron chi connectivity index (χ4n) is 3.66. The van der Waals surface area contributed by atoms with Gasteiger partial charge < -0.3 is 24.7 Å². The maximum atomic E-state index is 15.0. The molecule has 0 atom stereocenters. The highest BCUT2D eigenvalue weighted by atomic mass is 19.1. The molecule has 0 spiro atoms. The van der Waals surface area contributed by atoms with Gasteiger partial charge in [0, 0.05) is 48.2 Å². The van der Waals surface area contributed by atoms with E-state index in [9.17, 15) is 4.39 Å². The lowest BCUT2D eigenvalue weighted by atomic mass is 10.1. The summed E-state index contributed by atoms with van der Waals surface area (Å²) < 4.78 is 26.9. The molecule has 0 unspecified atom stereocenters. The van der Waals surface area contributed by atoms with Crippen molar-refractivity contribution < 1.29 is 13.4 Å². The SMILES string of the molecule is Cc1ccccc1NCc1ccn(-c2ccc(-c3cc(Cc4conc4N)on3)cc2F)c1. The molecule has 0 bridgehead atoms. The van der Waals surface area contributed by atoms with Crippen LogP contribution in [0, 0.1) is 12.7 Å². The van der Waals surface area contributed by atoms with Crippen molar-refractivity contribution >= 4 is 11.5 Å². The normalized spacial score (nSPS) is 11.1. The molecule has 166 valence electrons. The second kappa shape index (κ2) is 8.66. The van der Waals surface area contributed by atoms with E-state index < -0.39 is 0 Å². The molecule has 33 heavy (non-hydrogen) atoms. The summed E-state index contributed by atoms with van der Waals surface area (Å²) in [7, 11) is 0. The quantitative estimate of drug-likeness (QED) is 0.352. The number of aryl methyl sites for hydroxylation is 1. The topological polar surface area (TPSA) is 95.0 Å². The third-order valence-electron chi connectivity index (χ3n) is 5.50. The Labute approximate surface area is 189 Å². The molecule has 0 aliphatic carbocycles. The minimum Gasteiger partial charge on any atom is -0.381 e. The number of hydrogen-bond donors (Lipinski definition) is 2. The Hall–Kier alpha value is -4.33. The Balaban J connectivity index is 1.30. The van der Waals surface area contributed by atoms with Gasteiger partial charge in [0.1, 0.15) is 23.5 Å². The predicted octanol–water partition coefficient (Wildman–Crippen LogP) is 5.35. The van der Waals surface area contributed by atoms with Crippen LogP contribution in [0.3, 0.4) is 0 Å². The third-order valence-corrected chi connectivity index (χ3v) is 5.50. The van der Waals surface area contributed by atoms with E-state index >= 15 is 0 Å². The van der Waals surface area contributed by atoms with Gasteiger partial charge in [-0.25, -0.2) is 4.39 Å². The summed E-state index contributed by atoms with van der Waals surface area (Å²) in [5.74, 6) is 0.540. The molecule has 0 aliphatic heterocycles. The predicted molar refractivity (Wildman–Crippen MR) is 123 cm³/mol. The number of anilines is 2. The van der Waals surface area contributed by atoms with Crippen LogP contribution < -0.4 is 11.1 Å². The van der Waals surface area contributed by atoms with Crippen molar-refractivity contribution in [1.29, 1.82) is 0 Å². The van der Waals surface area contributed by atoms with Gasteiger partial charge in [-0.05, 0) is 42.3 Å². The number of nitrogens with zero attached hydrogens (tertiary/aromatic N) is 3. The van der Waals surface area contributed by atoms with E-state index in [0.717, 1.165) is 11.3 Å². The van der Waals surface area contributed by atoms with Gasteiger partial charge in [0.05, 0.1) is 5.69 Å². The van der Waals surface area contributed by atoms with E-state index in [2.05, 4.69) is 28.6 Å². The molecule has 8 heteroatoms. The first kappa shape index (κ1) is 20.6. The van der Waals surface area contributed by atoms with Crippen LogP contribution >= 0.6 is 0 Å². The summed E-state index contributed by atoms with van der Waals surface area (Å²) in [4.78, 5) is 0. The number of halogens is 1. The minimum absolute atomic E-state index is 0.309. The van der Waals surface area contributed by atoms with Crippen molar-refractivity contribution in [2.24, 2.45) is 0 Å². The van der Waals surface area contributed by atoms with E-state index in [1.54, 1.807) is 16.7 Å². The average Bonchev–Trinajstić information content (AvgIpc) is 3.56. The van der Waals surface area contributed by atoms with E-state index in [-0.39, 0.29) is 5.82 Å². The molecule has 0 saturated heterocycles. The second-order valence-electron chi connectivity index (χ2n) is 7.84. The second-order valence-corrected chi connectivity index (χ2v) is 7.84. The van der Waals surface area contributed by atoms with E-state index in [4.69, 9.17) is 14.8 Å². The number of nitrogens with two attached hydrogens (primary N) is 1. The Kier molecular flexibility index (Phi) is 5.40. The Bertz CT molecular complexity index is 1400. The highest BCUT2D eigenvalue weighted by Gasteiger charge is 2.13. The number of para-hydroxylation sites is 1. The molecule has 3 N–H and O–H groups in total. The zero-order chi connectivity index (χ0) is 22.8. The van der Waals surface area contributed by atoms with E-state index in [1.807, 2.05) is 42.7 Å². The van der Waals surface area contributed by atoms with Crippen LogP contribution in [0.15, 0.2) is 82.3 Å². The molecule has 2 aromatic carbocycles. The van der Waals surface area contributed by atoms with Crippen LogP contribution in [-0.4, -0.2) is 14.9 Å². The van der Waals surface area contributed by atoms with Gasteiger partial charge in [0.2, 0.25) is 0 Å². The molecule has 3 aromatic heterocycles. The summed E-state index contributed by atoms with van der Waals surface area (Å²) in [6.07, 6.45) is 5.63. The van der Waals surface area contributed by atoms with Crippen LogP contribution in [0.5, 0.6) is 0 Å². The standard InChI is InChI=1S/C25H22FN5O2/c1-16-4-2-3-5-22(16)28-13-17-8-9-31(14-17)24-7-6-18(11-21(24)26)23-12-20(33-29-23)10-19-15-32-30-25(19)27/h2-9,11-12,14-15,28H,10,13H2,1H3,(H2,27,30). The number of hydrogen-bond acceptors (Lipinski definition) is 6. The van der Waals surface area contributed by atoms with Gasteiger partial charge in [0.25, 0.3) is 0 Å². The summed E-state index contributed by atoms with van der Waals surface area (Å²) in [5, 5.41) is 11.1. The molecule has 0 saturated carbocycles. The average molecular weight is 443 g/mol. The van der Waals surface area contributed by atoms with Crippen molar-refractivity contribution in [2.75, 3.05) is 11.1 Å². The summed E-state index contributed by atoms with van der Waals surface area (Å²) in [6, 6.07) is 16.8. The van der Waals surface area contributed by atoms with Crippen LogP contribution in [0.1, 0.15) is 22.5 Å². The first-order valence-electron chi connectivity index (χ1n) is 10.5. The van der Waals surface area contributed by atoms with E-state index in [1.165, 1.54) is 17.9 Å². The molecule has 3 heterocycles. The Morgan fingerprint density at radius 1 is 1.09 bits per heavy atom. The molecular weight excluding hydrogens is 421 g/mol. The summed E-state index contributed by atoms with van der Waals surface area (Å²) in [5.41, 5.74) is 11.4. The lowest BCUT2D eigenvalue weighted by Gasteiger charge is -2.08. The fourth-order valence-corrected chi connectivity index (χ4v) is 3.66. The lowest BCUT2D eigenvalue weighted by Crippen LogP contribution is -2.00. The van der Waals surface area contributed by atoms with Crippen LogP contribution in [-0.2, 0) is 13.0 Å². The van der Waals surface area contributed by atoms with Crippen molar-refractivity contribution in [3.05, 3.63) is 102 Å². The molecule has 0 radical (unpaired) electrons. The van der Waals surface area contributed by atoms with Crippen molar-refractivity contribution in [3.8, 4) is 16.9 Å². The number of aromatic nitrogens is 3. The highest BCUT2D eigenvalue weighted by molar-refractivity contribution is 5.61. The molecule has 5 rings (SSSR count). The number of nitrogen functional groups attached to an aromatic ring is 1. The Morgan fingerprint density at radius 2 is 1.97 bits per heavy atom. The van der Waals surface area contributed by atoms with Crippen LogP contribution in [0.25, 0.3) is 16.9 Å². The zero-order valence-electron chi connectivity index (χ0n) is 18.0. The number of rotatable bonds is 7. The first-order chi connectivity index (χ1) is 16.1. The van der Waals surface area contributed by atoms with Gasteiger partial charge >= 0.3 is 0 Å². The maximum Gasteiger partial charge on any atom is 0.170 e. The molecule has 0 aliphatic rings. The number of benzene rings is 2. The third kappa shape index (κ3) is 4.36. The highest BCUT2D eigenvalue weighted by Crippen LogP contribution is 2.26. The largest absolute Gasteiger partial charge is 0.381 e. The van der Waals surface area contributed by atoms with Gasteiger partial charge in [0.15, 0.2) is 5.82 Å². The molecular formula is C25H22FN5O2. The smallest absolute Gasteiger partial charge is 0.170 e. The van der Waals surface area contributed by atoms with Crippen molar-refractivity contribution in [3.63, 3.8) is 0 Å². The van der Waals surface area contributed by atoms with Crippen molar-refractivity contribution in [2.45, 2.75) is 19.9 Å². The van der Waals surface area contributed by atoms with Gasteiger partial charge in [-0.1, -0.05) is 34.6 Å². The molecule has 5 aromatic rings. The van der Waals surface area contributed by atoms with E-state index in [0.29, 0.717) is 47.1 Å². The van der Waals surface area contributed by atoms with Gasteiger partial charge in [-0.15, -0.1) is 0 Å². The molecule has 7 nitrogen and oxygen atoms in total. The van der Waals surface area contributed by atoms with Crippen molar-refractivity contribution in [1.82, 2.24) is 14.9 Å². The first-order valence-corrected chi connectivity index (χ1v) is 10.5.